The van der Waals surface area contributed by atoms with Crippen LogP contribution in [0.1, 0.15) is 11.1 Å². The Morgan fingerprint density at radius 3 is 2.54 bits per heavy atom. The highest BCUT2D eigenvalue weighted by molar-refractivity contribution is 7.85. The Labute approximate surface area is 142 Å². The largest absolute Gasteiger partial charge is 0.497 e. The van der Waals surface area contributed by atoms with Crippen LogP contribution in [0.15, 0.2) is 81.8 Å². The Bertz CT molecular complexity index is 965. The maximum atomic E-state index is 13.0. The van der Waals surface area contributed by atoms with E-state index in [0.29, 0.717) is 10.7 Å². The molecule has 118 valence electrons. The molecule has 0 bridgehead atoms. The molecule has 0 aliphatic carbocycles. The number of benzene rings is 2. The van der Waals surface area contributed by atoms with E-state index in [1.807, 2.05) is 54.6 Å². The van der Waals surface area contributed by atoms with Crippen LogP contribution in [0, 0.1) is 0 Å². The Morgan fingerprint density at radius 1 is 0.958 bits per heavy atom. The van der Waals surface area contributed by atoms with Crippen molar-refractivity contribution >= 4 is 22.2 Å². The van der Waals surface area contributed by atoms with Crippen LogP contribution < -0.4 is 4.74 Å². The van der Waals surface area contributed by atoms with Crippen molar-refractivity contribution in [3.05, 3.63) is 78.0 Å². The molecule has 2 heterocycles. The Balaban J connectivity index is 1.98. The van der Waals surface area contributed by atoms with E-state index >= 15 is 0 Å². The molecule has 0 saturated heterocycles. The van der Waals surface area contributed by atoms with E-state index in [1.54, 1.807) is 19.4 Å². The summed E-state index contributed by atoms with van der Waals surface area (Å²) in [6.07, 6.45) is 1.65. The summed E-state index contributed by atoms with van der Waals surface area (Å²) in [5, 5.41) is 0.494. The van der Waals surface area contributed by atoms with Gasteiger partial charge in [-0.25, -0.2) is 14.2 Å². The minimum Gasteiger partial charge on any atom is -0.497 e. The first-order valence-corrected chi connectivity index (χ1v) is 8.62. The van der Waals surface area contributed by atoms with Crippen molar-refractivity contribution in [3.8, 4) is 5.75 Å². The number of aromatic nitrogens is 1. The lowest BCUT2D eigenvalue weighted by atomic mass is 10.0. The molecule has 3 aromatic rings. The summed E-state index contributed by atoms with van der Waals surface area (Å²) in [7, 11) is 0.279. The molecule has 0 amide bonds. The number of nitrogens with zero attached hydrogens (tertiary/aromatic N) is 2. The second kappa shape index (κ2) is 6.02. The van der Waals surface area contributed by atoms with Crippen LogP contribution in [0.5, 0.6) is 5.75 Å². The van der Waals surface area contributed by atoms with Gasteiger partial charge in [0.15, 0.2) is 5.03 Å². The molecule has 24 heavy (non-hydrogen) atoms. The third kappa shape index (κ3) is 2.43. The van der Waals surface area contributed by atoms with Crippen molar-refractivity contribution in [2.45, 2.75) is 9.92 Å². The van der Waals surface area contributed by atoms with Crippen molar-refractivity contribution in [3.63, 3.8) is 0 Å². The number of hydrogen-bond acceptors (Lipinski definition) is 4. The van der Waals surface area contributed by atoms with Gasteiger partial charge in [0.2, 0.25) is 0 Å². The molecular weight excluding hydrogens is 320 g/mol. The average Bonchev–Trinajstić information content (AvgIpc) is 2.78. The number of aliphatic imine (C=N–C) groups is 1. The maximum Gasteiger partial charge on any atom is 0.157 e. The van der Waals surface area contributed by atoms with Crippen LogP contribution in [0.25, 0.3) is 0 Å². The first kappa shape index (κ1) is 14.8. The third-order valence-corrected chi connectivity index (χ3v) is 5.29. The second-order valence-corrected chi connectivity index (χ2v) is 6.65. The minimum absolute atomic E-state index is 0.494. The first-order valence-electron chi connectivity index (χ1n) is 7.47. The summed E-state index contributed by atoms with van der Waals surface area (Å²) in [4.78, 5) is 9.79. The van der Waals surface area contributed by atoms with Gasteiger partial charge in [-0.05, 0) is 42.5 Å². The fourth-order valence-electron chi connectivity index (χ4n) is 2.69. The summed E-state index contributed by atoms with van der Waals surface area (Å²) in [5.74, 6) is 0.784. The average molecular weight is 334 g/mol. The van der Waals surface area contributed by atoms with Gasteiger partial charge in [-0.1, -0.05) is 18.2 Å². The Hall–Kier alpha value is -2.79. The molecule has 0 fully saturated rings. The zero-order valence-corrected chi connectivity index (χ0v) is 13.8. The summed E-state index contributed by atoms with van der Waals surface area (Å²) in [6, 6.07) is 19.0. The van der Waals surface area contributed by atoms with E-state index in [-0.39, 0.29) is 0 Å². The van der Waals surface area contributed by atoms with Gasteiger partial charge in [0.25, 0.3) is 0 Å². The van der Waals surface area contributed by atoms with Gasteiger partial charge < -0.3 is 4.74 Å². The van der Waals surface area contributed by atoms with Crippen LogP contribution >= 0.6 is 0 Å². The zero-order valence-electron chi connectivity index (χ0n) is 13.0. The number of pyridine rings is 1. The normalized spacial score (nSPS) is 15.7. The molecule has 5 heteroatoms. The molecule has 1 atom stereocenters. The molecule has 4 rings (SSSR count). The minimum atomic E-state index is -1.36. The van der Waals surface area contributed by atoms with E-state index in [9.17, 15) is 4.21 Å². The van der Waals surface area contributed by atoms with Crippen LogP contribution in [-0.4, -0.2) is 22.0 Å². The smallest absolute Gasteiger partial charge is 0.157 e. The van der Waals surface area contributed by atoms with Gasteiger partial charge in [-0.2, -0.15) is 0 Å². The zero-order chi connectivity index (χ0) is 16.5. The van der Waals surface area contributed by atoms with Crippen LogP contribution in [-0.2, 0) is 10.8 Å². The lowest BCUT2D eigenvalue weighted by molar-refractivity contribution is 0.415. The molecule has 1 aliphatic heterocycles. The Morgan fingerprint density at radius 2 is 1.75 bits per heavy atom. The summed E-state index contributed by atoms with van der Waals surface area (Å²) in [6.45, 7) is 0. The monoisotopic (exact) mass is 334 g/mol. The van der Waals surface area contributed by atoms with E-state index in [1.165, 1.54) is 0 Å². The molecule has 1 aliphatic rings. The molecule has 2 aromatic carbocycles. The molecule has 0 radical (unpaired) electrons. The van der Waals surface area contributed by atoms with Gasteiger partial charge in [-0.15, -0.1) is 0 Å². The SMILES string of the molecule is COc1ccc(C2=Nc3cccnc3S(=O)c3ccccc32)cc1. The highest BCUT2D eigenvalue weighted by Crippen LogP contribution is 2.33. The Kier molecular flexibility index (Phi) is 3.70. The van der Waals surface area contributed by atoms with Crippen LogP contribution in [0.3, 0.4) is 0 Å². The standard InChI is InChI=1S/C19H14N2O2S/c1-23-14-10-8-13(9-11-14)18-15-5-2-3-7-17(15)24(22)19-16(21-18)6-4-12-20-19/h2-12H,1H3. The van der Waals surface area contributed by atoms with Gasteiger partial charge in [-0.3, -0.25) is 0 Å². The summed E-state index contributed by atoms with van der Waals surface area (Å²) < 4.78 is 18.2. The quantitative estimate of drug-likeness (QED) is 0.561. The molecule has 0 saturated carbocycles. The first-order chi connectivity index (χ1) is 11.8. The fourth-order valence-corrected chi connectivity index (χ4v) is 3.92. The molecule has 4 nitrogen and oxygen atoms in total. The third-order valence-electron chi connectivity index (χ3n) is 3.86. The molecular formula is C19H14N2O2S. The molecule has 1 aromatic heterocycles. The van der Waals surface area contributed by atoms with Gasteiger partial charge in [0, 0.05) is 17.3 Å². The van der Waals surface area contributed by atoms with Crippen molar-refractivity contribution in [2.75, 3.05) is 7.11 Å². The number of ether oxygens (including phenoxy) is 1. The summed E-state index contributed by atoms with van der Waals surface area (Å²) in [5.41, 5.74) is 3.22. The van der Waals surface area contributed by atoms with Crippen molar-refractivity contribution in [1.29, 1.82) is 0 Å². The lowest BCUT2D eigenvalue weighted by Crippen LogP contribution is -2.06. The number of rotatable bonds is 2. The topological polar surface area (TPSA) is 51.6 Å². The van der Waals surface area contributed by atoms with Crippen molar-refractivity contribution in [2.24, 2.45) is 4.99 Å². The van der Waals surface area contributed by atoms with Gasteiger partial charge >= 0.3 is 0 Å². The van der Waals surface area contributed by atoms with E-state index in [4.69, 9.17) is 9.73 Å². The predicted molar refractivity (Wildman–Crippen MR) is 93.6 cm³/mol. The van der Waals surface area contributed by atoms with Crippen LogP contribution in [0.4, 0.5) is 5.69 Å². The van der Waals surface area contributed by atoms with Crippen LogP contribution in [0.2, 0.25) is 0 Å². The van der Waals surface area contributed by atoms with E-state index < -0.39 is 10.8 Å². The highest BCUT2D eigenvalue weighted by atomic mass is 32.2. The molecule has 1 unspecified atom stereocenters. The number of fused-ring (bicyclic) bond motifs is 2. The van der Waals surface area contributed by atoms with Gasteiger partial charge in [0.05, 0.1) is 23.4 Å². The fraction of sp³-hybridized carbons (Fsp3) is 0.0526. The summed E-state index contributed by atoms with van der Waals surface area (Å²) >= 11 is 0. The lowest BCUT2D eigenvalue weighted by Gasteiger charge is -2.09. The van der Waals surface area contributed by atoms with Crippen molar-refractivity contribution in [1.82, 2.24) is 4.98 Å². The number of methoxy groups -OCH3 is 1. The predicted octanol–water partition coefficient (Wildman–Crippen LogP) is 3.74. The van der Waals surface area contributed by atoms with Crippen molar-refractivity contribution < 1.29 is 8.95 Å². The van der Waals surface area contributed by atoms with E-state index in [0.717, 1.165) is 27.5 Å². The second-order valence-electron chi connectivity index (χ2n) is 5.28. The highest BCUT2D eigenvalue weighted by Gasteiger charge is 2.23. The number of hydrogen-bond donors (Lipinski definition) is 0. The molecule has 0 N–H and O–H groups in total. The van der Waals surface area contributed by atoms with Gasteiger partial charge in [0.1, 0.15) is 16.5 Å². The molecule has 0 spiro atoms. The maximum absolute atomic E-state index is 13.0. The van der Waals surface area contributed by atoms with E-state index in [2.05, 4.69) is 4.98 Å².